The smallest absolute Gasteiger partial charge is 0.290 e. The number of thioether (sulfide) groups is 1. The molecule has 13 heavy (non-hydrogen) atoms. The molecule has 1 saturated heterocycles. The van der Waals surface area contributed by atoms with Gasteiger partial charge in [-0.25, -0.2) is 4.98 Å². The van der Waals surface area contributed by atoms with Crippen molar-refractivity contribution < 1.29 is 9.59 Å². The summed E-state index contributed by atoms with van der Waals surface area (Å²) in [6, 6.07) is 0. The number of hydrogen-bond donors (Lipinski definition) is 2. The molecule has 6 heteroatoms. The van der Waals surface area contributed by atoms with E-state index in [1.165, 1.54) is 6.33 Å². The van der Waals surface area contributed by atoms with Gasteiger partial charge in [0.05, 0.1) is 16.9 Å². The molecular formula is C7H5N3O2S. The van der Waals surface area contributed by atoms with Gasteiger partial charge >= 0.3 is 0 Å². The van der Waals surface area contributed by atoms with Gasteiger partial charge in [-0.05, 0) is 17.8 Å². The minimum atomic E-state index is -0.363. The number of nitrogens with zero attached hydrogens (tertiary/aromatic N) is 1. The molecule has 0 spiro atoms. The number of H-pyrrole nitrogens is 1. The Hall–Kier alpha value is -1.56. The van der Waals surface area contributed by atoms with Crippen LogP contribution in [0, 0.1) is 0 Å². The molecule has 1 aromatic heterocycles. The minimum absolute atomic E-state index is 0.341. The molecule has 1 aliphatic rings. The highest BCUT2D eigenvalue weighted by molar-refractivity contribution is 8.18. The summed E-state index contributed by atoms with van der Waals surface area (Å²) in [5, 5.41) is 1.82. The van der Waals surface area contributed by atoms with E-state index in [-0.39, 0.29) is 11.1 Å². The molecule has 1 aliphatic heterocycles. The lowest BCUT2D eigenvalue weighted by molar-refractivity contribution is -0.115. The van der Waals surface area contributed by atoms with Gasteiger partial charge in [-0.1, -0.05) is 0 Å². The van der Waals surface area contributed by atoms with Crippen molar-refractivity contribution in [1.82, 2.24) is 15.3 Å². The summed E-state index contributed by atoms with van der Waals surface area (Å²) in [5.74, 6) is -0.363. The van der Waals surface area contributed by atoms with Gasteiger partial charge in [0, 0.05) is 6.20 Å². The van der Waals surface area contributed by atoms with Crippen LogP contribution in [0.4, 0.5) is 4.79 Å². The number of amides is 2. The van der Waals surface area contributed by atoms with Crippen LogP contribution in [0.2, 0.25) is 0 Å². The molecule has 0 unspecified atom stereocenters. The summed E-state index contributed by atoms with van der Waals surface area (Å²) in [6.07, 6.45) is 4.71. The van der Waals surface area contributed by atoms with Crippen LogP contribution in [0.15, 0.2) is 17.4 Å². The molecule has 0 bridgehead atoms. The Morgan fingerprint density at radius 1 is 1.46 bits per heavy atom. The molecule has 0 saturated carbocycles. The highest BCUT2D eigenvalue weighted by Crippen LogP contribution is 2.24. The van der Waals surface area contributed by atoms with Gasteiger partial charge in [-0.3, -0.25) is 14.9 Å². The molecule has 0 aliphatic carbocycles. The van der Waals surface area contributed by atoms with Crippen LogP contribution in [0.5, 0.6) is 0 Å². The van der Waals surface area contributed by atoms with Gasteiger partial charge in [-0.15, -0.1) is 0 Å². The highest BCUT2D eigenvalue weighted by Gasteiger charge is 2.24. The third kappa shape index (κ3) is 1.62. The van der Waals surface area contributed by atoms with Crippen molar-refractivity contribution in [2.75, 3.05) is 0 Å². The van der Waals surface area contributed by atoms with Gasteiger partial charge in [0.15, 0.2) is 0 Å². The van der Waals surface area contributed by atoms with Gasteiger partial charge < -0.3 is 4.98 Å². The summed E-state index contributed by atoms with van der Waals surface area (Å²) in [6.45, 7) is 0. The maximum Gasteiger partial charge on any atom is 0.290 e. The van der Waals surface area contributed by atoms with Gasteiger partial charge in [0.1, 0.15) is 0 Å². The SMILES string of the molecule is O=C1NC(=O)/C(=C/c2c[nH]cn2)S1. The summed E-state index contributed by atoms with van der Waals surface area (Å²) in [4.78, 5) is 28.8. The molecule has 2 amide bonds. The fraction of sp³-hybridized carbons (Fsp3) is 0. The van der Waals surface area contributed by atoms with E-state index in [1.54, 1.807) is 12.3 Å². The Morgan fingerprint density at radius 3 is 2.85 bits per heavy atom. The van der Waals surface area contributed by atoms with Crippen molar-refractivity contribution in [3.8, 4) is 0 Å². The number of carbonyl (C=O) groups is 2. The second-order valence-corrected chi connectivity index (χ2v) is 3.36. The lowest BCUT2D eigenvalue weighted by atomic mass is 10.4. The van der Waals surface area contributed by atoms with Crippen LogP contribution in [0.1, 0.15) is 5.69 Å². The first-order valence-electron chi connectivity index (χ1n) is 3.49. The van der Waals surface area contributed by atoms with Crippen LogP contribution in [-0.2, 0) is 4.79 Å². The normalized spacial score (nSPS) is 19.5. The second-order valence-electron chi connectivity index (χ2n) is 2.35. The Balaban J connectivity index is 2.27. The Kier molecular flexibility index (Phi) is 1.90. The fourth-order valence-electron chi connectivity index (χ4n) is 0.906. The summed E-state index contributed by atoms with van der Waals surface area (Å²) < 4.78 is 0. The van der Waals surface area contributed by atoms with Crippen molar-refractivity contribution in [2.24, 2.45) is 0 Å². The first-order chi connectivity index (χ1) is 6.25. The largest absolute Gasteiger partial charge is 0.351 e. The quantitative estimate of drug-likeness (QED) is 0.648. The summed E-state index contributed by atoms with van der Waals surface area (Å²) in [7, 11) is 0. The van der Waals surface area contributed by atoms with Crippen LogP contribution >= 0.6 is 11.8 Å². The molecule has 0 aromatic carbocycles. The Morgan fingerprint density at radius 2 is 2.31 bits per heavy atom. The predicted octanol–water partition coefficient (Wildman–Crippen LogP) is 0.734. The van der Waals surface area contributed by atoms with Crippen LogP contribution < -0.4 is 5.32 Å². The van der Waals surface area contributed by atoms with Crippen LogP contribution in [0.3, 0.4) is 0 Å². The molecule has 0 radical (unpaired) electrons. The zero-order valence-corrected chi connectivity index (χ0v) is 7.22. The van der Waals surface area contributed by atoms with Gasteiger partial charge in [0.25, 0.3) is 11.1 Å². The van der Waals surface area contributed by atoms with E-state index in [0.717, 1.165) is 11.8 Å². The molecule has 2 rings (SSSR count). The molecular weight excluding hydrogens is 190 g/mol. The first kappa shape index (κ1) is 8.06. The molecule has 1 aromatic rings. The van der Waals surface area contributed by atoms with Crippen molar-refractivity contribution in [3.63, 3.8) is 0 Å². The average Bonchev–Trinajstić information content (AvgIpc) is 2.63. The minimum Gasteiger partial charge on any atom is -0.351 e. The number of aromatic nitrogens is 2. The van der Waals surface area contributed by atoms with E-state index < -0.39 is 0 Å². The maximum atomic E-state index is 11.1. The third-order valence-electron chi connectivity index (χ3n) is 1.44. The fourth-order valence-corrected chi connectivity index (χ4v) is 1.57. The van der Waals surface area contributed by atoms with E-state index >= 15 is 0 Å². The summed E-state index contributed by atoms with van der Waals surface area (Å²) >= 11 is 0.880. The zero-order chi connectivity index (χ0) is 9.26. The standard InChI is InChI=1S/C7H5N3O2S/c11-6-5(13-7(12)10-6)1-4-2-8-3-9-4/h1-3H,(H,8,9)(H,10,11,12)/b5-1-. The lowest BCUT2D eigenvalue weighted by Crippen LogP contribution is -2.17. The van der Waals surface area contributed by atoms with E-state index in [2.05, 4.69) is 15.3 Å². The zero-order valence-electron chi connectivity index (χ0n) is 6.40. The third-order valence-corrected chi connectivity index (χ3v) is 2.25. The van der Waals surface area contributed by atoms with Crippen LogP contribution in [-0.4, -0.2) is 21.1 Å². The van der Waals surface area contributed by atoms with E-state index in [0.29, 0.717) is 10.6 Å². The first-order valence-corrected chi connectivity index (χ1v) is 4.31. The van der Waals surface area contributed by atoms with Gasteiger partial charge in [-0.2, -0.15) is 0 Å². The van der Waals surface area contributed by atoms with E-state index in [1.807, 2.05) is 0 Å². The van der Waals surface area contributed by atoms with Crippen molar-refractivity contribution in [2.45, 2.75) is 0 Å². The van der Waals surface area contributed by atoms with E-state index in [4.69, 9.17) is 0 Å². The lowest BCUT2D eigenvalue weighted by Gasteiger charge is -1.86. The predicted molar refractivity (Wildman–Crippen MR) is 47.7 cm³/mol. The average molecular weight is 195 g/mol. The molecule has 2 heterocycles. The van der Waals surface area contributed by atoms with Crippen LogP contribution in [0.25, 0.3) is 6.08 Å². The highest BCUT2D eigenvalue weighted by atomic mass is 32.2. The van der Waals surface area contributed by atoms with E-state index in [9.17, 15) is 9.59 Å². The summed E-state index contributed by atoms with van der Waals surface area (Å²) in [5.41, 5.74) is 0.632. The number of rotatable bonds is 1. The maximum absolute atomic E-state index is 11.1. The Labute approximate surface area is 77.6 Å². The number of carbonyl (C=O) groups excluding carboxylic acids is 2. The van der Waals surface area contributed by atoms with Crippen molar-refractivity contribution in [3.05, 3.63) is 23.1 Å². The monoisotopic (exact) mass is 195 g/mol. The Bertz CT molecular complexity index is 382. The molecule has 66 valence electrons. The number of aromatic amines is 1. The van der Waals surface area contributed by atoms with Crippen molar-refractivity contribution >= 4 is 29.0 Å². The molecule has 5 nitrogen and oxygen atoms in total. The number of nitrogens with one attached hydrogen (secondary N) is 2. The molecule has 1 fully saturated rings. The second kappa shape index (κ2) is 3.06. The van der Waals surface area contributed by atoms with Crippen molar-refractivity contribution in [1.29, 1.82) is 0 Å². The number of imide groups is 1. The van der Waals surface area contributed by atoms with Gasteiger partial charge in [0.2, 0.25) is 0 Å². The molecule has 2 N–H and O–H groups in total. The molecule has 0 atom stereocenters. The topological polar surface area (TPSA) is 74.8 Å². The number of imidazole rings is 1. The number of hydrogen-bond acceptors (Lipinski definition) is 4.